The van der Waals surface area contributed by atoms with Crippen molar-refractivity contribution >= 4 is 39.1 Å². The Hall–Kier alpha value is -2.18. The van der Waals surface area contributed by atoms with Gasteiger partial charge in [0, 0.05) is 10.6 Å². The first kappa shape index (κ1) is 13.8. The van der Waals surface area contributed by atoms with Crippen LogP contribution in [0.5, 0.6) is 0 Å². The number of hydrogen-bond donors (Lipinski definition) is 2. The Morgan fingerprint density at radius 2 is 2.00 bits per heavy atom. The molecule has 1 aromatic carbocycles. The molecule has 0 aliphatic rings. The molecular formula is C14H9ClN2O3S. The number of aromatic carboxylic acids is 1. The van der Waals surface area contributed by atoms with E-state index in [1.807, 2.05) is 0 Å². The van der Waals surface area contributed by atoms with Gasteiger partial charge in [-0.1, -0.05) is 11.6 Å². The summed E-state index contributed by atoms with van der Waals surface area (Å²) in [6.45, 7) is 1.61. The molecular weight excluding hydrogens is 312 g/mol. The minimum Gasteiger partial charge on any atom is -0.477 e. The van der Waals surface area contributed by atoms with E-state index in [2.05, 4.69) is 9.97 Å². The molecule has 2 heterocycles. The Labute approximate surface area is 127 Å². The molecule has 7 heteroatoms. The van der Waals surface area contributed by atoms with Crippen LogP contribution in [-0.2, 0) is 0 Å². The molecule has 3 rings (SSSR count). The third-order valence-electron chi connectivity index (χ3n) is 3.11. The number of carboxylic acids is 1. The van der Waals surface area contributed by atoms with E-state index in [1.165, 1.54) is 0 Å². The second kappa shape index (κ2) is 4.98. The van der Waals surface area contributed by atoms with E-state index >= 15 is 0 Å². The second-order valence-corrected chi connectivity index (χ2v) is 5.90. The zero-order valence-electron chi connectivity index (χ0n) is 10.8. The van der Waals surface area contributed by atoms with Crippen molar-refractivity contribution in [3.05, 3.63) is 50.1 Å². The highest BCUT2D eigenvalue weighted by molar-refractivity contribution is 7.20. The molecule has 0 bridgehead atoms. The number of thiophene rings is 1. The molecule has 5 nitrogen and oxygen atoms in total. The van der Waals surface area contributed by atoms with E-state index < -0.39 is 5.97 Å². The molecule has 0 atom stereocenters. The summed E-state index contributed by atoms with van der Waals surface area (Å²) < 4.78 is 0. The van der Waals surface area contributed by atoms with Gasteiger partial charge in [-0.25, -0.2) is 9.78 Å². The van der Waals surface area contributed by atoms with Gasteiger partial charge >= 0.3 is 5.97 Å². The molecule has 3 aromatic rings. The van der Waals surface area contributed by atoms with Gasteiger partial charge in [0.05, 0.1) is 5.39 Å². The van der Waals surface area contributed by atoms with E-state index in [0.717, 1.165) is 11.3 Å². The van der Waals surface area contributed by atoms with Gasteiger partial charge in [-0.3, -0.25) is 4.79 Å². The van der Waals surface area contributed by atoms with Crippen molar-refractivity contribution in [2.75, 3.05) is 0 Å². The van der Waals surface area contributed by atoms with Crippen LogP contribution in [-0.4, -0.2) is 21.0 Å². The molecule has 106 valence electrons. The van der Waals surface area contributed by atoms with Crippen molar-refractivity contribution in [2.24, 2.45) is 0 Å². The van der Waals surface area contributed by atoms with Gasteiger partial charge < -0.3 is 10.1 Å². The molecule has 0 fully saturated rings. The van der Waals surface area contributed by atoms with E-state index in [1.54, 1.807) is 31.2 Å². The number of H-pyrrole nitrogens is 1. The number of fused-ring (bicyclic) bond motifs is 1. The van der Waals surface area contributed by atoms with Crippen molar-refractivity contribution in [2.45, 2.75) is 6.92 Å². The highest BCUT2D eigenvalue weighted by atomic mass is 35.5. The van der Waals surface area contributed by atoms with Gasteiger partial charge in [0.15, 0.2) is 0 Å². The number of rotatable bonds is 2. The number of nitrogens with one attached hydrogen (secondary N) is 1. The second-order valence-electron chi connectivity index (χ2n) is 4.46. The fourth-order valence-electron chi connectivity index (χ4n) is 2.09. The minimum atomic E-state index is -1.05. The lowest BCUT2D eigenvalue weighted by molar-refractivity contribution is 0.0701. The van der Waals surface area contributed by atoms with E-state index in [9.17, 15) is 9.59 Å². The Balaban J connectivity index is 2.26. The standard InChI is InChI=1S/C14H9ClN2O3S/c1-6-9-12(18)16-11(7-2-4-8(15)5-3-7)17-13(9)21-10(6)14(19)20/h2-5H,1H3,(H,19,20)(H,16,17,18). The number of aromatic amines is 1. The van der Waals surface area contributed by atoms with E-state index in [0.29, 0.717) is 32.2 Å². The first-order valence-corrected chi connectivity index (χ1v) is 7.19. The average molecular weight is 321 g/mol. The summed E-state index contributed by atoms with van der Waals surface area (Å²) in [6.07, 6.45) is 0. The molecule has 21 heavy (non-hydrogen) atoms. The van der Waals surface area contributed by atoms with Crippen LogP contribution >= 0.6 is 22.9 Å². The monoisotopic (exact) mass is 320 g/mol. The number of hydrogen-bond acceptors (Lipinski definition) is 4. The average Bonchev–Trinajstić information content (AvgIpc) is 2.77. The van der Waals surface area contributed by atoms with Crippen molar-refractivity contribution in [3.63, 3.8) is 0 Å². The molecule has 0 saturated heterocycles. The molecule has 2 N–H and O–H groups in total. The summed E-state index contributed by atoms with van der Waals surface area (Å²) >= 11 is 6.83. The van der Waals surface area contributed by atoms with E-state index in [4.69, 9.17) is 16.7 Å². The molecule has 0 aliphatic heterocycles. The summed E-state index contributed by atoms with van der Waals surface area (Å²) in [6, 6.07) is 6.88. The fourth-order valence-corrected chi connectivity index (χ4v) is 3.24. The predicted molar refractivity (Wildman–Crippen MR) is 82.4 cm³/mol. The molecule has 0 aliphatic carbocycles. The van der Waals surface area contributed by atoms with Crippen molar-refractivity contribution in [1.82, 2.24) is 9.97 Å². The number of aryl methyl sites for hydroxylation is 1. The first-order valence-electron chi connectivity index (χ1n) is 6.00. The highest BCUT2D eigenvalue weighted by Crippen LogP contribution is 2.28. The largest absolute Gasteiger partial charge is 0.477 e. The number of carboxylic acid groups (broad SMARTS) is 1. The lowest BCUT2D eigenvalue weighted by Gasteiger charge is -2.01. The summed E-state index contributed by atoms with van der Waals surface area (Å²) in [5, 5.41) is 10.0. The smallest absolute Gasteiger partial charge is 0.346 e. The zero-order chi connectivity index (χ0) is 15.1. The fraction of sp³-hybridized carbons (Fsp3) is 0.0714. The van der Waals surface area contributed by atoms with Crippen LogP contribution < -0.4 is 5.56 Å². The normalized spacial score (nSPS) is 11.0. The number of aromatic nitrogens is 2. The van der Waals surface area contributed by atoms with Gasteiger partial charge in [-0.15, -0.1) is 11.3 Å². The highest BCUT2D eigenvalue weighted by Gasteiger charge is 2.18. The molecule has 0 amide bonds. The van der Waals surface area contributed by atoms with Crippen LogP contribution in [0.1, 0.15) is 15.2 Å². The van der Waals surface area contributed by atoms with Crippen molar-refractivity contribution in [1.29, 1.82) is 0 Å². The maximum atomic E-state index is 12.2. The summed E-state index contributed by atoms with van der Waals surface area (Å²) in [4.78, 5) is 30.9. The van der Waals surface area contributed by atoms with Crippen LogP contribution in [0.25, 0.3) is 21.6 Å². The molecule has 0 unspecified atom stereocenters. The first-order chi connectivity index (χ1) is 9.97. The number of carbonyl (C=O) groups is 1. The van der Waals surface area contributed by atoms with Gasteiger partial charge in [0.25, 0.3) is 5.56 Å². The van der Waals surface area contributed by atoms with Crippen LogP contribution in [0.4, 0.5) is 0 Å². The molecule has 0 spiro atoms. The molecule has 0 radical (unpaired) electrons. The zero-order valence-corrected chi connectivity index (χ0v) is 12.4. The predicted octanol–water partition coefficient (Wildman–Crippen LogP) is 3.31. The van der Waals surface area contributed by atoms with Crippen LogP contribution in [0.2, 0.25) is 5.02 Å². The quantitative estimate of drug-likeness (QED) is 0.758. The van der Waals surface area contributed by atoms with Gasteiger partial charge in [-0.05, 0) is 36.8 Å². The van der Waals surface area contributed by atoms with Gasteiger partial charge in [0.1, 0.15) is 15.5 Å². The number of nitrogens with zero attached hydrogens (tertiary/aromatic N) is 1. The third-order valence-corrected chi connectivity index (χ3v) is 4.54. The Morgan fingerprint density at radius 3 is 2.62 bits per heavy atom. The summed E-state index contributed by atoms with van der Waals surface area (Å²) in [7, 11) is 0. The lowest BCUT2D eigenvalue weighted by Crippen LogP contribution is -2.09. The minimum absolute atomic E-state index is 0.135. The van der Waals surface area contributed by atoms with Crippen molar-refractivity contribution < 1.29 is 9.90 Å². The summed E-state index contributed by atoms with van der Waals surface area (Å²) in [5.41, 5.74) is 0.812. The molecule has 0 saturated carbocycles. The Morgan fingerprint density at radius 1 is 1.33 bits per heavy atom. The van der Waals surface area contributed by atoms with Gasteiger partial charge in [0.2, 0.25) is 0 Å². The molecule has 2 aromatic heterocycles. The third kappa shape index (κ3) is 2.32. The summed E-state index contributed by atoms with van der Waals surface area (Å²) in [5.74, 6) is -0.662. The van der Waals surface area contributed by atoms with Crippen LogP contribution in [0.15, 0.2) is 29.1 Å². The maximum Gasteiger partial charge on any atom is 0.346 e. The Kier molecular flexibility index (Phi) is 3.27. The van der Waals surface area contributed by atoms with Gasteiger partial charge in [-0.2, -0.15) is 0 Å². The van der Waals surface area contributed by atoms with Crippen molar-refractivity contribution in [3.8, 4) is 11.4 Å². The van der Waals surface area contributed by atoms with Crippen LogP contribution in [0, 0.1) is 6.92 Å². The Bertz CT molecular complexity index is 912. The SMILES string of the molecule is Cc1c(C(=O)O)sc2nc(-c3ccc(Cl)cc3)[nH]c(=O)c12. The maximum absolute atomic E-state index is 12.2. The number of benzene rings is 1. The van der Waals surface area contributed by atoms with E-state index in [-0.39, 0.29) is 10.4 Å². The topological polar surface area (TPSA) is 83.0 Å². The van der Waals surface area contributed by atoms with Crippen LogP contribution in [0.3, 0.4) is 0 Å². The number of halogens is 1. The lowest BCUT2D eigenvalue weighted by atomic mass is 10.2.